The second-order valence-electron chi connectivity index (χ2n) is 7.85. The molecule has 4 nitrogen and oxygen atoms in total. The van der Waals surface area contributed by atoms with Gasteiger partial charge in [0.15, 0.2) is 0 Å². The lowest BCUT2D eigenvalue weighted by molar-refractivity contribution is 0.112. The first-order valence-electron chi connectivity index (χ1n) is 9.72. The Morgan fingerprint density at radius 3 is 2.31 bits per heavy atom. The second-order valence-corrected chi connectivity index (χ2v) is 9.53. The highest BCUT2D eigenvalue weighted by Gasteiger charge is 2.57. The molecule has 1 aliphatic heterocycles. The van der Waals surface area contributed by atoms with Crippen molar-refractivity contribution in [2.24, 2.45) is 0 Å². The van der Waals surface area contributed by atoms with Gasteiger partial charge in [0.1, 0.15) is 0 Å². The van der Waals surface area contributed by atoms with Crippen molar-refractivity contribution in [1.29, 1.82) is 0 Å². The molecule has 1 aliphatic carbocycles. The highest BCUT2D eigenvalue weighted by molar-refractivity contribution is 7.92. The molecule has 29 heavy (non-hydrogen) atoms. The van der Waals surface area contributed by atoms with E-state index >= 15 is 0 Å². The Balaban J connectivity index is 1.41. The van der Waals surface area contributed by atoms with Crippen molar-refractivity contribution >= 4 is 15.7 Å². The third kappa shape index (κ3) is 4.36. The molecule has 0 aromatic heterocycles. The first kappa shape index (κ1) is 20.0. The maximum Gasteiger partial charge on any atom is 0.261 e. The number of nitrogens with one attached hydrogen (secondary N) is 1. The van der Waals surface area contributed by atoms with Crippen LogP contribution in [0.1, 0.15) is 35.8 Å². The molecular weight excluding hydrogens is 394 g/mol. The van der Waals surface area contributed by atoms with Crippen LogP contribution in [0.3, 0.4) is 0 Å². The van der Waals surface area contributed by atoms with E-state index in [0.717, 1.165) is 26.1 Å². The summed E-state index contributed by atoms with van der Waals surface area (Å²) in [5.41, 5.74) is 2.14. The van der Waals surface area contributed by atoms with E-state index in [-0.39, 0.29) is 11.3 Å². The second kappa shape index (κ2) is 7.54. The van der Waals surface area contributed by atoms with Crippen molar-refractivity contribution in [3.05, 3.63) is 72.3 Å². The molecular formula is C22H24F2N2O2S. The van der Waals surface area contributed by atoms with Gasteiger partial charge in [-0.05, 0) is 54.3 Å². The largest absolute Gasteiger partial charge is 0.299 e. The predicted molar refractivity (Wildman–Crippen MR) is 110 cm³/mol. The molecule has 0 spiro atoms. The summed E-state index contributed by atoms with van der Waals surface area (Å²) in [5, 5.41) is 0. The van der Waals surface area contributed by atoms with Gasteiger partial charge in [-0.3, -0.25) is 9.62 Å². The normalized spacial score (nSPS) is 23.7. The number of hydrogen-bond acceptors (Lipinski definition) is 3. The summed E-state index contributed by atoms with van der Waals surface area (Å²) in [4.78, 5) is 2.40. The van der Waals surface area contributed by atoms with E-state index in [4.69, 9.17) is 0 Å². The predicted octanol–water partition coefficient (Wildman–Crippen LogP) is 4.59. The summed E-state index contributed by atoms with van der Waals surface area (Å²) in [6, 6.07) is 13.2. The zero-order valence-corrected chi connectivity index (χ0v) is 16.8. The number of halogens is 2. The van der Waals surface area contributed by atoms with Crippen molar-refractivity contribution in [1.82, 2.24) is 4.90 Å². The number of rotatable bonds is 7. The SMILES string of the molecule is C=CCN1CC[C@H](c2ccc(NS(=O)(=O)c3ccc(C4CC4(F)F)cc3)cc2)C1. The van der Waals surface area contributed by atoms with Gasteiger partial charge in [0, 0.05) is 25.2 Å². The molecule has 0 radical (unpaired) electrons. The molecule has 2 aliphatic rings. The lowest BCUT2D eigenvalue weighted by atomic mass is 9.98. The van der Waals surface area contributed by atoms with E-state index in [9.17, 15) is 17.2 Å². The quantitative estimate of drug-likeness (QED) is 0.670. The van der Waals surface area contributed by atoms with E-state index in [1.165, 1.54) is 29.8 Å². The highest BCUT2D eigenvalue weighted by atomic mass is 32.2. The summed E-state index contributed by atoms with van der Waals surface area (Å²) in [6.45, 7) is 6.67. The van der Waals surface area contributed by atoms with Gasteiger partial charge in [0.25, 0.3) is 15.9 Å². The molecule has 2 aromatic rings. The first-order chi connectivity index (χ1) is 13.8. The van der Waals surface area contributed by atoms with Crippen molar-refractivity contribution in [3.63, 3.8) is 0 Å². The number of likely N-dealkylation sites (tertiary alicyclic amines) is 1. The molecule has 2 fully saturated rings. The van der Waals surface area contributed by atoms with Gasteiger partial charge in [-0.15, -0.1) is 6.58 Å². The zero-order valence-electron chi connectivity index (χ0n) is 16.0. The van der Waals surface area contributed by atoms with Crippen LogP contribution in [0.25, 0.3) is 0 Å². The van der Waals surface area contributed by atoms with E-state index in [0.29, 0.717) is 17.2 Å². The molecule has 1 saturated carbocycles. The highest BCUT2D eigenvalue weighted by Crippen LogP contribution is 2.55. The number of hydrogen-bond donors (Lipinski definition) is 1. The Morgan fingerprint density at radius 1 is 1.10 bits per heavy atom. The van der Waals surface area contributed by atoms with Crippen LogP contribution in [0.2, 0.25) is 0 Å². The molecule has 0 bridgehead atoms. The number of sulfonamides is 1. The average Bonchev–Trinajstić information content (AvgIpc) is 3.10. The molecule has 1 N–H and O–H groups in total. The summed E-state index contributed by atoms with van der Waals surface area (Å²) in [5.74, 6) is -3.02. The lowest BCUT2D eigenvalue weighted by Crippen LogP contribution is -2.19. The lowest BCUT2D eigenvalue weighted by Gasteiger charge is -2.14. The maximum absolute atomic E-state index is 13.2. The first-order valence-corrected chi connectivity index (χ1v) is 11.2. The van der Waals surface area contributed by atoms with Crippen LogP contribution in [0.4, 0.5) is 14.5 Å². The monoisotopic (exact) mass is 418 g/mol. The van der Waals surface area contributed by atoms with Gasteiger partial charge in [-0.1, -0.05) is 30.3 Å². The van der Waals surface area contributed by atoms with Gasteiger partial charge in [-0.25, -0.2) is 17.2 Å². The molecule has 2 aromatic carbocycles. The van der Waals surface area contributed by atoms with Crippen molar-refractivity contribution in [3.8, 4) is 0 Å². The Hall–Kier alpha value is -2.25. The Bertz CT molecular complexity index is 988. The summed E-state index contributed by atoms with van der Waals surface area (Å²) >= 11 is 0. The third-order valence-electron chi connectivity index (χ3n) is 5.71. The minimum absolute atomic E-state index is 0.0603. The van der Waals surface area contributed by atoms with Crippen molar-refractivity contribution < 1.29 is 17.2 Å². The smallest absolute Gasteiger partial charge is 0.261 e. The molecule has 1 heterocycles. The molecule has 2 atom stereocenters. The number of alkyl halides is 2. The Labute approximate surface area is 170 Å². The minimum atomic E-state index is -3.77. The molecule has 4 rings (SSSR count). The van der Waals surface area contributed by atoms with Crippen LogP contribution in [-0.4, -0.2) is 38.9 Å². The van der Waals surface area contributed by atoms with Gasteiger partial charge < -0.3 is 0 Å². The number of nitrogens with zero attached hydrogens (tertiary/aromatic N) is 1. The van der Waals surface area contributed by atoms with Crippen molar-refractivity contribution in [2.75, 3.05) is 24.4 Å². The van der Waals surface area contributed by atoms with Gasteiger partial charge in [-0.2, -0.15) is 0 Å². The number of anilines is 1. The van der Waals surface area contributed by atoms with Crippen LogP contribution in [-0.2, 0) is 10.0 Å². The van der Waals surface area contributed by atoms with Gasteiger partial charge >= 0.3 is 0 Å². The zero-order chi connectivity index (χ0) is 20.6. The van der Waals surface area contributed by atoms with E-state index in [1.54, 1.807) is 12.1 Å². The summed E-state index contributed by atoms with van der Waals surface area (Å²) in [7, 11) is -3.77. The van der Waals surface area contributed by atoms with Crippen LogP contribution in [0.15, 0.2) is 66.1 Å². The van der Waals surface area contributed by atoms with Gasteiger partial charge in [0.05, 0.1) is 10.8 Å². The molecule has 7 heteroatoms. The third-order valence-corrected chi connectivity index (χ3v) is 7.11. The summed E-state index contributed by atoms with van der Waals surface area (Å²) < 4.78 is 54.1. The molecule has 1 saturated heterocycles. The minimum Gasteiger partial charge on any atom is -0.299 e. The van der Waals surface area contributed by atoms with Crippen molar-refractivity contribution in [2.45, 2.75) is 35.5 Å². The number of benzene rings is 2. The topological polar surface area (TPSA) is 49.4 Å². The summed E-state index contributed by atoms with van der Waals surface area (Å²) in [6.07, 6.45) is 2.81. The standard InChI is InChI=1S/C22H24F2N2O2S/c1-2-12-26-13-11-18(15-26)16-3-7-19(8-4-16)25-29(27,28)20-9-5-17(6-10-20)21-14-22(21,23)24/h2-10,18,21,25H,1,11-15H2/t18-,21?/m0/s1. The Kier molecular flexibility index (Phi) is 5.21. The Morgan fingerprint density at radius 2 is 1.72 bits per heavy atom. The van der Waals surface area contributed by atoms with E-state index in [2.05, 4.69) is 16.2 Å². The fourth-order valence-electron chi connectivity index (χ4n) is 3.94. The fourth-order valence-corrected chi connectivity index (χ4v) is 5.00. The van der Waals surface area contributed by atoms with E-state index < -0.39 is 21.9 Å². The average molecular weight is 419 g/mol. The fraction of sp³-hybridized carbons (Fsp3) is 0.364. The van der Waals surface area contributed by atoms with Crippen LogP contribution in [0.5, 0.6) is 0 Å². The maximum atomic E-state index is 13.2. The van der Waals surface area contributed by atoms with Crippen LogP contribution >= 0.6 is 0 Å². The van der Waals surface area contributed by atoms with Gasteiger partial charge in [0.2, 0.25) is 0 Å². The van der Waals surface area contributed by atoms with E-state index in [1.807, 2.05) is 18.2 Å². The molecule has 1 unspecified atom stereocenters. The molecule has 0 amide bonds. The molecule has 154 valence electrons. The van der Waals surface area contributed by atoms with Crippen LogP contribution < -0.4 is 4.72 Å². The van der Waals surface area contributed by atoms with Crippen LogP contribution in [0, 0.1) is 0 Å².